The topological polar surface area (TPSA) is 102 Å². The van der Waals surface area contributed by atoms with Crippen molar-refractivity contribution in [3.8, 4) is 0 Å². The second-order valence-electron chi connectivity index (χ2n) is 8.55. The van der Waals surface area contributed by atoms with Gasteiger partial charge in [0.2, 0.25) is 5.91 Å². The van der Waals surface area contributed by atoms with Crippen LogP contribution in [-0.2, 0) is 35.5 Å². The number of rotatable bonds is 4. The molecule has 0 atom stereocenters. The maximum Gasteiger partial charge on any atom is 0.417 e. The van der Waals surface area contributed by atoms with E-state index in [2.05, 4.69) is 9.97 Å². The molecule has 35 heavy (non-hydrogen) atoms. The molecule has 0 aliphatic carbocycles. The van der Waals surface area contributed by atoms with Crippen LogP contribution >= 0.6 is 0 Å². The molecule has 1 aromatic carbocycles. The first-order valence-electron chi connectivity index (χ1n) is 11.2. The van der Waals surface area contributed by atoms with Crippen molar-refractivity contribution in [2.75, 3.05) is 12.3 Å². The van der Waals surface area contributed by atoms with Crippen LogP contribution in [0.5, 0.6) is 0 Å². The van der Waals surface area contributed by atoms with Crippen molar-refractivity contribution in [2.24, 2.45) is 0 Å². The molecule has 2 aromatic heterocycles. The molecule has 2 aliphatic rings. The van der Waals surface area contributed by atoms with Crippen molar-refractivity contribution in [1.29, 1.82) is 0 Å². The van der Waals surface area contributed by atoms with Crippen LogP contribution in [0.1, 0.15) is 52.0 Å². The predicted molar refractivity (Wildman–Crippen MR) is 119 cm³/mol. The zero-order valence-corrected chi connectivity index (χ0v) is 18.6. The fraction of sp³-hybridized carbons (Fsp3) is 0.333. The minimum Gasteiger partial charge on any atom is -0.383 e. The zero-order valence-electron chi connectivity index (χ0n) is 18.6. The number of nitrogen functional groups attached to an aromatic ring is 1. The van der Waals surface area contributed by atoms with E-state index in [0.29, 0.717) is 49.5 Å². The molecule has 1 saturated heterocycles. The third kappa shape index (κ3) is 4.39. The van der Waals surface area contributed by atoms with Gasteiger partial charge in [-0.05, 0) is 48.7 Å². The van der Waals surface area contributed by atoms with Gasteiger partial charge in [-0.1, -0.05) is 0 Å². The van der Waals surface area contributed by atoms with E-state index >= 15 is 0 Å². The number of hydrazine groups is 1. The van der Waals surface area contributed by atoms with Crippen LogP contribution in [0.25, 0.3) is 10.9 Å². The largest absolute Gasteiger partial charge is 0.417 e. The summed E-state index contributed by atoms with van der Waals surface area (Å²) in [6, 6.07) is 7.11. The Kier molecular flexibility index (Phi) is 5.79. The summed E-state index contributed by atoms with van der Waals surface area (Å²) in [7, 11) is 0. The van der Waals surface area contributed by atoms with Crippen molar-refractivity contribution in [1.82, 2.24) is 20.0 Å². The SMILES string of the molecule is Nc1nc2ccc(C(=O)N(Cc3ccc(C(F)(F)F)cn3)N3CCCCC3=O)cc2c2c1COC2. The minimum absolute atomic E-state index is 0.151. The van der Waals surface area contributed by atoms with Crippen molar-refractivity contribution >= 4 is 28.5 Å². The highest BCUT2D eigenvalue weighted by Crippen LogP contribution is 2.32. The van der Waals surface area contributed by atoms with Gasteiger partial charge in [-0.2, -0.15) is 13.2 Å². The van der Waals surface area contributed by atoms with Crippen LogP contribution in [0.15, 0.2) is 36.5 Å². The Bertz CT molecular complexity index is 1310. The Morgan fingerprint density at radius 2 is 1.94 bits per heavy atom. The first-order chi connectivity index (χ1) is 16.7. The molecular weight excluding hydrogens is 463 g/mol. The van der Waals surface area contributed by atoms with Crippen LogP contribution < -0.4 is 5.73 Å². The quantitative estimate of drug-likeness (QED) is 0.603. The van der Waals surface area contributed by atoms with Gasteiger partial charge in [-0.3, -0.25) is 19.6 Å². The Labute approximate surface area is 198 Å². The van der Waals surface area contributed by atoms with Crippen LogP contribution in [-0.4, -0.2) is 38.3 Å². The fourth-order valence-electron chi connectivity index (χ4n) is 4.41. The maximum absolute atomic E-state index is 13.7. The molecule has 0 spiro atoms. The number of anilines is 1. The number of carbonyl (C=O) groups excluding carboxylic acids is 2. The number of hydrogen-bond acceptors (Lipinski definition) is 6. The van der Waals surface area contributed by atoms with Crippen LogP contribution in [0.2, 0.25) is 0 Å². The third-order valence-corrected chi connectivity index (χ3v) is 6.26. The second-order valence-corrected chi connectivity index (χ2v) is 8.55. The van der Waals surface area contributed by atoms with Gasteiger partial charge >= 0.3 is 6.18 Å². The summed E-state index contributed by atoms with van der Waals surface area (Å²) in [6.07, 6.45) is -2.08. The van der Waals surface area contributed by atoms with Gasteiger partial charge in [0.1, 0.15) is 5.82 Å². The van der Waals surface area contributed by atoms with Gasteiger partial charge in [0.25, 0.3) is 5.91 Å². The Morgan fingerprint density at radius 1 is 1.14 bits per heavy atom. The van der Waals surface area contributed by atoms with E-state index in [0.717, 1.165) is 28.8 Å². The number of alkyl halides is 3. The molecule has 3 aromatic rings. The lowest BCUT2D eigenvalue weighted by atomic mass is 10.0. The number of halogens is 3. The maximum atomic E-state index is 13.7. The number of pyridine rings is 2. The van der Waals surface area contributed by atoms with Crippen molar-refractivity contribution in [2.45, 2.75) is 45.2 Å². The number of carbonyl (C=O) groups is 2. The Balaban J connectivity index is 1.51. The predicted octanol–water partition coefficient (Wildman–Crippen LogP) is 3.83. The molecule has 11 heteroatoms. The average Bonchev–Trinajstić information content (AvgIpc) is 3.34. The number of hydrogen-bond donors (Lipinski definition) is 1. The van der Waals surface area contributed by atoms with Crippen molar-refractivity contribution < 1.29 is 27.5 Å². The molecule has 0 unspecified atom stereocenters. The second kappa shape index (κ2) is 8.81. The Morgan fingerprint density at radius 3 is 2.66 bits per heavy atom. The van der Waals surface area contributed by atoms with E-state index in [1.807, 2.05) is 0 Å². The highest BCUT2D eigenvalue weighted by molar-refractivity contribution is 6.00. The first-order valence-corrected chi connectivity index (χ1v) is 11.2. The highest BCUT2D eigenvalue weighted by atomic mass is 19.4. The van der Waals surface area contributed by atoms with Crippen LogP contribution in [0.4, 0.5) is 19.0 Å². The first kappa shape index (κ1) is 23.0. The molecule has 5 rings (SSSR count). The number of fused-ring (bicyclic) bond motifs is 3. The highest BCUT2D eigenvalue weighted by Gasteiger charge is 2.32. The molecular formula is C24H22F3N5O3. The number of amides is 2. The van der Waals surface area contributed by atoms with Gasteiger partial charge < -0.3 is 10.5 Å². The molecule has 0 radical (unpaired) electrons. The molecule has 182 valence electrons. The number of nitrogens with two attached hydrogens (primary N) is 1. The van der Waals surface area contributed by atoms with E-state index in [-0.39, 0.29) is 24.6 Å². The molecule has 2 N–H and O–H groups in total. The summed E-state index contributed by atoms with van der Waals surface area (Å²) < 4.78 is 44.3. The standard InChI is InChI=1S/C24H22F3N5O3/c25-24(26,27)15-5-6-16(29-10-15)11-32(31-8-2-1-3-21(31)33)23(34)14-4-7-20-17(9-14)18-12-35-13-19(18)22(28)30-20/h4-7,9-10H,1-3,8,11-13H2,(H2,28,30). The van der Waals surface area contributed by atoms with E-state index in [9.17, 15) is 22.8 Å². The third-order valence-electron chi connectivity index (χ3n) is 6.26. The van der Waals surface area contributed by atoms with Gasteiger partial charge in [-0.15, -0.1) is 0 Å². The zero-order chi connectivity index (χ0) is 24.7. The van der Waals surface area contributed by atoms with E-state index in [1.165, 1.54) is 16.1 Å². The molecule has 1 fully saturated rings. The lowest BCUT2D eigenvalue weighted by Crippen LogP contribution is -2.51. The van der Waals surface area contributed by atoms with Gasteiger partial charge in [0.05, 0.1) is 36.5 Å². The lowest BCUT2D eigenvalue weighted by Gasteiger charge is -2.37. The summed E-state index contributed by atoms with van der Waals surface area (Å²) in [4.78, 5) is 34.6. The average molecular weight is 485 g/mol. The number of benzene rings is 1. The Hall–Kier alpha value is -3.73. The summed E-state index contributed by atoms with van der Waals surface area (Å²) in [5, 5.41) is 3.36. The summed E-state index contributed by atoms with van der Waals surface area (Å²) >= 11 is 0. The number of ether oxygens (including phenoxy) is 1. The summed E-state index contributed by atoms with van der Waals surface area (Å²) in [5.41, 5.74) is 7.97. The molecule has 0 saturated carbocycles. The number of piperidine rings is 1. The number of aromatic nitrogens is 2. The van der Waals surface area contributed by atoms with Gasteiger partial charge in [0, 0.05) is 35.7 Å². The van der Waals surface area contributed by atoms with E-state index in [4.69, 9.17) is 10.5 Å². The smallest absolute Gasteiger partial charge is 0.383 e. The fourth-order valence-corrected chi connectivity index (χ4v) is 4.41. The van der Waals surface area contributed by atoms with E-state index in [1.54, 1.807) is 18.2 Å². The van der Waals surface area contributed by atoms with Gasteiger partial charge in [0.15, 0.2) is 0 Å². The number of nitrogens with zero attached hydrogens (tertiary/aromatic N) is 4. The molecule has 4 heterocycles. The molecule has 2 aliphatic heterocycles. The summed E-state index contributed by atoms with van der Waals surface area (Å²) in [5.74, 6) is -0.299. The monoisotopic (exact) mass is 485 g/mol. The van der Waals surface area contributed by atoms with Crippen LogP contribution in [0, 0.1) is 0 Å². The van der Waals surface area contributed by atoms with Crippen LogP contribution in [0.3, 0.4) is 0 Å². The van der Waals surface area contributed by atoms with Crippen molar-refractivity contribution in [3.63, 3.8) is 0 Å². The van der Waals surface area contributed by atoms with E-state index < -0.39 is 17.6 Å². The lowest BCUT2D eigenvalue weighted by molar-refractivity contribution is -0.148. The molecule has 2 amide bonds. The van der Waals surface area contributed by atoms with Gasteiger partial charge in [-0.25, -0.2) is 9.99 Å². The minimum atomic E-state index is -4.52. The van der Waals surface area contributed by atoms with Crippen molar-refractivity contribution in [3.05, 3.63) is 64.5 Å². The molecule has 0 bridgehead atoms. The normalized spacial score (nSPS) is 16.0. The molecule has 8 nitrogen and oxygen atoms in total. The summed E-state index contributed by atoms with van der Waals surface area (Å²) in [6.45, 7) is 0.873.